The first kappa shape index (κ1) is 89.1. The molecule has 0 fully saturated rings. The highest BCUT2D eigenvalue weighted by molar-refractivity contribution is 7.47. The summed E-state index contributed by atoms with van der Waals surface area (Å²) in [6.07, 6.45) is 47.3. The molecule has 0 aliphatic heterocycles. The molecule has 0 radical (unpaired) electrons. The molecule has 0 rings (SSSR count). The Bertz CT molecular complexity index is 1790. The van der Waals surface area contributed by atoms with Gasteiger partial charge in [-0.3, -0.25) is 37.3 Å². The van der Waals surface area contributed by atoms with Gasteiger partial charge >= 0.3 is 39.5 Å². The number of rotatable bonds is 70. The number of phosphoric acid groups is 2. The minimum Gasteiger partial charge on any atom is -0.462 e. The predicted molar refractivity (Wildman–Crippen MR) is 368 cm³/mol. The normalized spacial score (nSPS) is 14.5. The van der Waals surface area contributed by atoms with Crippen LogP contribution in [0.15, 0.2) is 0 Å². The summed E-state index contributed by atoms with van der Waals surface area (Å²) >= 11 is 0. The molecule has 0 heterocycles. The summed E-state index contributed by atoms with van der Waals surface area (Å²) < 4.78 is 68.3. The summed E-state index contributed by atoms with van der Waals surface area (Å²) in [5, 5.41) is 10.6. The zero-order valence-electron chi connectivity index (χ0n) is 59.3. The Morgan fingerprint density at radius 3 is 0.835 bits per heavy atom. The fourth-order valence-corrected chi connectivity index (χ4v) is 12.4. The van der Waals surface area contributed by atoms with Crippen molar-refractivity contribution in [3.8, 4) is 0 Å². The van der Waals surface area contributed by atoms with E-state index in [2.05, 4.69) is 48.5 Å². The summed E-state index contributed by atoms with van der Waals surface area (Å²) in [7, 11) is -9.90. The summed E-state index contributed by atoms with van der Waals surface area (Å²) in [4.78, 5) is 72.6. The van der Waals surface area contributed by atoms with Crippen molar-refractivity contribution >= 4 is 39.5 Å². The molecule has 6 atom stereocenters. The van der Waals surface area contributed by atoms with Crippen LogP contribution in [0.25, 0.3) is 0 Å². The molecule has 91 heavy (non-hydrogen) atoms. The molecule has 17 nitrogen and oxygen atoms in total. The van der Waals surface area contributed by atoms with Crippen molar-refractivity contribution in [1.29, 1.82) is 0 Å². The molecule has 0 aliphatic rings. The van der Waals surface area contributed by atoms with Gasteiger partial charge in [-0.1, -0.05) is 312 Å². The second kappa shape index (κ2) is 62.8. The molecule has 0 aromatic rings. The van der Waals surface area contributed by atoms with E-state index in [1.165, 1.54) is 167 Å². The highest BCUT2D eigenvalue weighted by atomic mass is 31.2. The molecule has 0 aliphatic carbocycles. The van der Waals surface area contributed by atoms with E-state index in [1.807, 2.05) is 0 Å². The van der Waals surface area contributed by atoms with E-state index >= 15 is 0 Å². The Morgan fingerprint density at radius 2 is 0.560 bits per heavy atom. The lowest BCUT2D eigenvalue weighted by Crippen LogP contribution is -2.30. The van der Waals surface area contributed by atoms with Crippen molar-refractivity contribution < 1.29 is 80.2 Å². The van der Waals surface area contributed by atoms with E-state index in [-0.39, 0.29) is 25.7 Å². The minimum absolute atomic E-state index is 0.103. The number of carbonyl (C=O) groups is 4. The van der Waals surface area contributed by atoms with Gasteiger partial charge < -0.3 is 33.8 Å². The first-order chi connectivity index (χ1) is 43.8. The Morgan fingerprint density at radius 1 is 0.319 bits per heavy atom. The molecule has 3 unspecified atom stereocenters. The molecule has 0 saturated heterocycles. The van der Waals surface area contributed by atoms with Crippen molar-refractivity contribution in [2.45, 2.75) is 381 Å². The predicted octanol–water partition coefficient (Wildman–Crippen LogP) is 20.6. The number of unbranched alkanes of at least 4 members (excludes halogenated alkanes) is 37. The largest absolute Gasteiger partial charge is 0.472 e. The van der Waals surface area contributed by atoms with Crippen LogP contribution >= 0.6 is 15.6 Å². The average Bonchev–Trinajstić information content (AvgIpc) is 3.65. The maximum atomic E-state index is 13.0. The molecule has 0 spiro atoms. The molecular weight excluding hydrogens is 1200 g/mol. The Balaban J connectivity index is 5.23. The zero-order chi connectivity index (χ0) is 67.3. The maximum Gasteiger partial charge on any atom is 0.472 e. The fourth-order valence-electron chi connectivity index (χ4n) is 10.9. The average molecular weight is 1340 g/mol. The molecule has 0 amide bonds. The van der Waals surface area contributed by atoms with E-state index in [9.17, 15) is 43.2 Å². The van der Waals surface area contributed by atoms with Crippen LogP contribution in [-0.2, 0) is 65.4 Å². The highest BCUT2D eigenvalue weighted by Gasteiger charge is 2.30. The van der Waals surface area contributed by atoms with Gasteiger partial charge in [-0.15, -0.1) is 0 Å². The second-order valence-corrected chi connectivity index (χ2v) is 30.1. The topological polar surface area (TPSA) is 237 Å². The number of ether oxygens (including phenoxy) is 4. The standard InChI is InChI=1S/C72H140O17P2/c1-8-10-11-12-13-14-15-18-22-25-31-39-46-53-69(74)82-59-67(88-71(76)55-48-41-32-26-23-20-17-16-19-21-24-30-38-45-52-65(7)9-2)61-86-90(78,79)84-57-66(73)58-85-91(80,81)87-62-68(60-83-70(75)54-47-40-35-34-37-44-51-64(5)6)89-72(77)56-49-42-33-28-27-29-36-43-50-63(3)4/h63-68,73H,8-62H2,1-7H3,(H,78,79)(H,80,81)/t65?,66-,67-,68-/m1/s1. The van der Waals surface area contributed by atoms with E-state index in [4.69, 9.17) is 37.0 Å². The number of esters is 4. The van der Waals surface area contributed by atoms with Gasteiger partial charge in [0.05, 0.1) is 26.4 Å². The van der Waals surface area contributed by atoms with Gasteiger partial charge in [0.2, 0.25) is 0 Å². The fraction of sp³-hybridized carbons (Fsp3) is 0.944. The highest BCUT2D eigenvalue weighted by Crippen LogP contribution is 2.45. The van der Waals surface area contributed by atoms with E-state index < -0.39 is 97.5 Å². The minimum atomic E-state index is -4.95. The second-order valence-electron chi connectivity index (χ2n) is 27.2. The summed E-state index contributed by atoms with van der Waals surface area (Å²) in [6, 6.07) is 0. The molecule has 0 bridgehead atoms. The van der Waals surface area contributed by atoms with E-state index in [1.54, 1.807) is 0 Å². The lowest BCUT2D eigenvalue weighted by molar-refractivity contribution is -0.161. The SMILES string of the molecule is CCCCCCCCCCCCCCCC(=O)OC[C@H](COP(=O)(O)OC[C@@H](O)COP(=O)(O)OC[C@@H](COC(=O)CCCCCCCCC(C)C)OC(=O)CCCCCCCCCCC(C)C)OC(=O)CCCCCCCCCCCCCCCCC(C)CC. The number of aliphatic hydroxyl groups is 1. The van der Waals surface area contributed by atoms with Gasteiger partial charge in [-0.05, 0) is 43.4 Å². The van der Waals surface area contributed by atoms with Gasteiger partial charge in [0.25, 0.3) is 0 Å². The quantitative estimate of drug-likeness (QED) is 0.0222. The summed E-state index contributed by atoms with van der Waals surface area (Å²) in [6.45, 7) is 11.8. The first-order valence-electron chi connectivity index (χ1n) is 37.4. The Hall–Kier alpha value is -1.94. The summed E-state index contributed by atoms with van der Waals surface area (Å²) in [5.74, 6) is 0.117. The van der Waals surface area contributed by atoms with Crippen LogP contribution in [0, 0.1) is 17.8 Å². The third-order valence-electron chi connectivity index (χ3n) is 17.0. The van der Waals surface area contributed by atoms with Gasteiger partial charge in [0, 0.05) is 25.7 Å². The van der Waals surface area contributed by atoms with Gasteiger partial charge in [0.15, 0.2) is 12.2 Å². The van der Waals surface area contributed by atoms with E-state index in [0.717, 1.165) is 108 Å². The molecular formula is C72H140O17P2. The number of carbonyl (C=O) groups excluding carboxylic acids is 4. The maximum absolute atomic E-state index is 13.0. The molecule has 3 N–H and O–H groups in total. The molecule has 19 heteroatoms. The van der Waals surface area contributed by atoms with Crippen LogP contribution in [0.4, 0.5) is 0 Å². The number of aliphatic hydroxyl groups excluding tert-OH is 1. The Labute approximate surface area is 556 Å². The first-order valence-corrected chi connectivity index (χ1v) is 40.4. The van der Waals surface area contributed by atoms with Gasteiger partial charge in [0.1, 0.15) is 19.3 Å². The van der Waals surface area contributed by atoms with Crippen molar-refractivity contribution in [2.24, 2.45) is 17.8 Å². The molecule has 0 aromatic heterocycles. The smallest absolute Gasteiger partial charge is 0.462 e. The number of phosphoric ester groups is 2. The van der Waals surface area contributed by atoms with Crippen molar-refractivity contribution in [1.82, 2.24) is 0 Å². The number of hydrogen-bond acceptors (Lipinski definition) is 15. The van der Waals surface area contributed by atoms with Crippen LogP contribution < -0.4 is 0 Å². The molecule has 0 saturated carbocycles. The van der Waals surface area contributed by atoms with Crippen molar-refractivity contribution in [3.05, 3.63) is 0 Å². The van der Waals surface area contributed by atoms with Crippen LogP contribution in [0.2, 0.25) is 0 Å². The van der Waals surface area contributed by atoms with Gasteiger partial charge in [-0.2, -0.15) is 0 Å². The lowest BCUT2D eigenvalue weighted by Gasteiger charge is -2.21. The van der Waals surface area contributed by atoms with Crippen LogP contribution in [0.3, 0.4) is 0 Å². The zero-order valence-corrected chi connectivity index (χ0v) is 61.1. The van der Waals surface area contributed by atoms with Gasteiger partial charge in [-0.25, -0.2) is 9.13 Å². The van der Waals surface area contributed by atoms with E-state index in [0.29, 0.717) is 31.6 Å². The molecule has 540 valence electrons. The third kappa shape index (κ3) is 65.1. The van der Waals surface area contributed by atoms with Crippen molar-refractivity contribution in [3.63, 3.8) is 0 Å². The van der Waals surface area contributed by atoms with Crippen LogP contribution in [-0.4, -0.2) is 96.7 Å². The summed E-state index contributed by atoms with van der Waals surface area (Å²) in [5.41, 5.74) is 0. The lowest BCUT2D eigenvalue weighted by atomic mass is 9.99. The third-order valence-corrected chi connectivity index (χ3v) is 18.9. The molecule has 0 aromatic carbocycles. The van der Waals surface area contributed by atoms with Crippen molar-refractivity contribution in [2.75, 3.05) is 39.6 Å². The van der Waals surface area contributed by atoms with Crippen LogP contribution in [0.1, 0.15) is 363 Å². The van der Waals surface area contributed by atoms with Crippen LogP contribution in [0.5, 0.6) is 0 Å². The number of hydrogen-bond donors (Lipinski definition) is 3. The monoisotopic (exact) mass is 1340 g/mol. The Kier molecular flexibility index (Phi) is 61.5.